The summed E-state index contributed by atoms with van der Waals surface area (Å²) in [5.74, 6) is 0. The SMILES string of the molecule is O=C(c1cccc(C(=O)P(=O)(O)O)c1)P(=O)(O)O. The van der Waals surface area contributed by atoms with Crippen LogP contribution in [0.15, 0.2) is 24.3 Å². The fourth-order valence-electron chi connectivity index (χ4n) is 1.12. The van der Waals surface area contributed by atoms with Gasteiger partial charge in [0.25, 0.3) is 11.0 Å². The van der Waals surface area contributed by atoms with E-state index in [0.29, 0.717) is 0 Å². The minimum Gasteiger partial charge on any atom is -0.319 e. The Balaban J connectivity index is 3.24. The fourth-order valence-corrected chi connectivity index (χ4v) is 2.07. The molecule has 0 unspecified atom stereocenters. The molecule has 98 valence electrons. The molecule has 0 heterocycles. The van der Waals surface area contributed by atoms with Crippen LogP contribution in [0.3, 0.4) is 0 Å². The van der Waals surface area contributed by atoms with Gasteiger partial charge in [-0.2, -0.15) is 0 Å². The molecule has 8 nitrogen and oxygen atoms in total. The molecular weight excluding hydrogens is 286 g/mol. The normalized spacial score (nSPS) is 12.2. The van der Waals surface area contributed by atoms with Gasteiger partial charge in [0.2, 0.25) is 0 Å². The van der Waals surface area contributed by atoms with Gasteiger partial charge in [-0.25, -0.2) is 0 Å². The predicted molar refractivity (Wildman–Crippen MR) is 59.2 cm³/mol. The van der Waals surface area contributed by atoms with E-state index in [1.807, 2.05) is 0 Å². The van der Waals surface area contributed by atoms with Crippen molar-refractivity contribution in [2.24, 2.45) is 0 Å². The molecule has 0 bridgehead atoms. The molecule has 0 aliphatic rings. The first-order valence-electron chi connectivity index (χ1n) is 4.34. The standard InChI is InChI=1S/C8H8O8P2/c9-7(17(11,12)13)5-2-1-3-6(4-5)8(10)18(14,15)16/h1-4H,(H2,11,12,13)(H2,14,15,16). The van der Waals surface area contributed by atoms with E-state index in [-0.39, 0.29) is 0 Å². The average Bonchev–Trinajstić information content (AvgIpc) is 2.24. The monoisotopic (exact) mass is 294 g/mol. The van der Waals surface area contributed by atoms with Crippen LogP contribution in [0.2, 0.25) is 0 Å². The summed E-state index contributed by atoms with van der Waals surface area (Å²) in [6.45, 7) is 0. The molecule has 0 aromatic heterocycles. The molecule has 1 aromatic rings. The molecule has 10 heteroatoms. The maximum atomic E-state index is 11.2. The average molecular weight is 294 g/mol. The Morgan fingerprint density at radius 2 is 1.17 bits per heavy atom. The number of carbonyl (C=O) groups excluding carboxylic acids is 2. The molecule has 0 fully saturated rings. The van der Waals surface area contributed by atoms with Gasteiger partial charge in [-0.3, -0.25) is 18.7 Å². The van der Waals surface area contributed by atoms with Crippen molar-refractivity contribution in [2.75, 3.05) is 0 Å². The zero-order valence-electron chi connectivity index (χ0n) is 8.63. The van der Waals surface area contributed by atoms with Crippen molar-refractivity contribution in [2.45, 2.75) is 0 Å². The summed E-state index contributed by atoms with van der Waals surface area (Å²) < 4.78 is 21.4. The number of hydrogen-bond acceptors (Lipinski definition) is 4. The van der Waals surface area contributed by atoms with Crippen molar-refractivity contribution in [3.63, 3.8) is 0 Å². The third-order valence-electron chi connectivity index (χ3n) is 1.89. The lowest BCUT2D eigenvalue weighted by Crippen LogP contribution is -2.04. The van der Waals surface area contributed by atoms with Crippen LogP contribution in [0.1, 0.15) is 20.7 Å². The molecule has 18 heavy (non-hydrogen) atoms. The zero-order chi connectivity index (χ0) is 14.1. The fraction of sp³-hybridized carbons (Fsp3) is 0. The Morgan fingerprint density at radius 3 is 1.44 bits per heavy atom. The zero-order valence-corrected chi connectivity index (χ0v) is 10.4. The van der Waals surface area contributed by atoms with Gasteiger partial charge >= 0.3 is 15.2 Å². The summed E-state index contributed by atoms with van der Waals surface area (Å²) in [5.41, 5.74) is -4.05. The smallest absolute Gasteiger partial charge is 0.319 e. The summed E-state index contributed by atoms with van der Waals surface area (Å²) in [6.07, 6.45) is 0. The highest BCUT2D eigenvalue weighted by Gasteiger charge is 2.31. The lowest BCUT2D eigenvalue weighted by atomic mass is 10.1. The maximum absolute atomic E-state index is 11.2. The van der Waals surface area contributed by atoms with Crippen LogP contribution in [0, 0.1) is 0 Å². The highest BCUT2D eigenvalue weighted by atomic mass is 31.2. The first kappa shape index (κ1) is 14.9. The topological polar surface area (TPSA) is 149 Å². The lowest BCUT2D eigenvalue weighted by molar-refractivity contribution is 0.104. The van der Waals surface area contributed by atoms with Gasteiger partial charge in [0.1, 0.15) is 0 Å². The Hall–Kier alpha value is -1.14. The first-order chi connectivity index (χ1) is 8.03. The van der Waals surface area contributed by atoms with Crippen LogP contribution in [0.25, 0.3) is 0 Å². The highest BCUT2D eigenvalue weighted by molar-refractivity contribution is 7.71. The van der Waals surface area contributed by atoms with E-state index in [1.54, 1.807) is 0 Å². The van der Waals surface area contributed by atoms with Crippen molar-refractivity contribution in [1.82, 2.24) is 0 Å². The lowest BCUT2D eigenvalue weighted by Gasteiger charge is -2.06. The third-order valence-corrected chi connectivity index (χ3v) is 3.46. The molecule has 0 saturated heterocycles. The molecular formula is C8H8O8P2. The second-order valence-electron chi connectivity index (χ2n) is 3.28. The third kappa shape index (κ3) is 3.43. The van der Waals surface area contributed by atoms with Crippen molar-refractivity contribution in [3.05, 3.63) is 35.4 Å². The highest BCUT2D eigenvalue weighted by Crippen LogP contribution is 2.41. The molecule has 0 atom stereocenters. The molecule has 0 aliphatic carbocycles. The van der Waals surface area contributed by atoms with Crippen molar-refractivity contribution in [1.29, 1.82) is 0 Å². The minimum absolute atomic E-state index is 0.498. The first-order valence-corrected chi connectivity index (χ1v) is 7.57. The van der Waals surface area contributed by atoms with E-state index in [0.717, 1.165) is 24.3 Å². The van der Waals surface area contributed by atoms with Crippen LogP contribution in [0.5, 0.6) is 0 Å². The molecule has 0 aliphatic heterocycles. The van der Waals surface area contributed by atoms with Crippen LogP contribution >= 0.6 is 15.2 Å². The van der Waals surface area contributed by atoms with E-state index < -0.39 is 37.4 Å². The second kappa shape index (κ2) is 4.85. The van der Waals surface area contributed by atoms with E-state index >= 15 is 0 Å². The maximum Gasteiger partial charge on any atom is 0.396 e. The van der Waals surface area contributed by atoms with E-state index in [9.17, 15) is 18.7 Å². The Kier molecular flexibility index (Phi) is 4.02. The molecule has 0 spiro atoms. The van der Waals surface area contributed by atoms with Gasteiger partial charge in [0.15, 0.2) is 0 Å². The Bertz CT molecular complexity index is 546. The van der Waals surface area contributed by atoms with E-state index in [1.165, 1.54) is 0 Å². The summed E-state index contributed by atoms with van der Waals surface area (Å²) >= 11 is 0. The molecule has 1 rings (SSSR count). The van der Waals surface area contributed by atoms with Crippen LogP contribution in [0.4, 0.5) is 0 Å². The van der Waals surface area contributed by atoms with Gasteiger partial charge < -0.3 is 19.6 Å². The van der Waals surface area contributed by atoms with Crippen molar-refractivity contribution < 1.29 is 38.3 Å². The van der Waals surface area contributed by atoms with Gasteiger partial charge in [-0.1, -0.05) is 18.2 Å². The van der Waals surface area contributed by atoms with Crippen LogP contribution in [-0.4, -0.2) is 30.6 Å². The molecule has 0 amide bonds. The van der Waals surface area contributed by atoms with Gasteiger partial charge in [0.05, 0.1) is 0 Å². The molecule has 4 N–H and O–H groups in total. The van der Waals surface area contributed by atoms with Crippen molar-refractivity contribution >= 4 is 26.2 Å². The number of carbonyl (C=O) groups is 2. The molecule has 0 saturated carbocycles. The minimum atomic E-state index is -5.01. The second-order valence-corrected chi connectivity index (χ2v) is 6.27. The summed E-state index contributed by atoms with van der Waals surface area (Å²) in [7, 11) is -10.0. The summed E-state index contributed by atoms with van der Waals surface area (Å²) in [5, 5.41) is 0. The summed E-state index contributed by atoms with van der Waals surface area (Å²) in [6, 6.07) is 3.87. The predicted octanol–water partition coefficient (Wildman–Crippen LogP) is 0.322. The Labute approximate surface area is 101 Å². The van der Waals surface area contributed by atoms with Gasteiger partial charge in [-0.15, -0.1) is 0 Å². The molecule has 1 aromatic carbocycles. The van der Waals surface area contributed by atoms with Crippen LogP contribution < -0.4 is 0 Å². The van der Waals surface area contributed by atoms with Crippen molar-refractivity contribution in [3.8, 4) is 0 Å². The number of rotatable bonds is 4. The summed E-state index contributed by atoms with van der Waals surface area (Å²) in [4.78, 5) is 57.1. The largest absolute Gasteiger partial charge is 0.396 e. The molecule has 0 radical (unpaired) electrons. The number of hydrogen-bond donors (Lipinski definition) is 4. The van der Waals surface area contributed by atoms with Crippen LogP contribution in [-0.2, 0) is 9.13 Å². The van der Waals surface area contributed by atoms with E-state index in [4.69, 9.17) is 19.6 Å². The van der Waals surface area contributed by atoms with E-state index in [2.05, 4.69) is 0 Å². The van der Waals surface area contributed by atoms with Gasteiger partial charge in [-0.05, 0) is 6.07 Å². The Morgan fingerprint density at radius 1 is 0.833 bits per heavy atom. The quantitative estimate of drug-likeness (QED) is 0.580. The number of benzene rings is 1. The van der Waals surface area contributed by atoms with Gasteiger partial charge in [0, 0.05) is 11.1 Å².